The van der Waals surface area contributed by atoms with Crippen molar-refractivity contribution in [3.05, 3.63) is 77.7 Å². The fourth-order valence-corrected chi connectivity index (χ4v) is 3.98. The molecular weight excluding hydrogens is 457 g/mol. The molecule has 7 nitrogen and oxygen atoms in total. The van der Waals surface area contributed by atoms with Crippen molar-refractivity contribution in [3.8, 4) is 11.5 Å². The quantitative estimate of drug-likeness (QED) is 0.345. The van der Waals surface area contributed by atoms with Gasteiger partial charge in [0.15, 0.2) is 0 Å². The molecule has 2 amide bonds. The molecule has 0 radical (unpaired) electrons. The summed E-state index contributed by atoms with van der Waals surface area (Å²) in [5, 5.41) is 5.57. The van der Waals surface area contributed by atoms with Crippen LogP contribution in [0.25, 0.3) is 11.0 Å². The van der Waals surface area contributed by atoms with Crippen LogP contribution in [0.5, 0.6) is 11.5 Å². The maximum absolute atomic E-state index is 14.6. The van der Waals surface area contributed by atoms with Crippen molar-refractivity contribution in [2.75, 3.05) is 28.6 Å². The first kappa shape index (κ1) is 21.9. The van der Waals surface area contributed by atoms with Crippen molar-refractivity contribution in [2.45, 2.75) is 12.8 Å². The maximum Gasteiger partial charge on any atom is 0.323 e. The van der Waals surface area contributed by atoms with Gasteiger partial charge in [0.1, 0.15) is 23.1 Å². The summed E-state index contributed by atoms with van der Waals surface area (Å²) >= 11 is 5.91. The molecule has 1 fully saturated rings. The molecule has 0 saturated carbocycles. The molecule has 34 heavy (non-hydrogen) atoms. The Morgan fingerprint density at radius 1 is 0.971 bits per heavy atom. The van der Waals surface area contributed by atoms with E-state index in [2.05, 4.69) is 20.5 Å². The summed E-state index contributed by atoms with van der Waals surface area (Å²) < 4.78 is 20.5. The molecule has 0 bridgehead atoms. The number of nitrogens with zero attached hydrogens (tertiary/aromatic N) is 3. The van der Waals surface area contributed by atoms with E-state index in [1.54, 1.807) is 48.7 Å². The number of halogens is 2. The van der Waals surface area contributed by atoms with Crippen molar-refractivity contribution in [2.24, 2.45) is 0 Å². The van der Waals surface area contributed by atoms with Gasteiger partial charge in [-0.3, -0.25) is 4.98 Å². The molecular formula is C25H21ClFN5O2. The molecule has 1 aromatic heterocycles. The molecule has 5 rings (SSSR count). The second-order valence-electron chi connectivity index (χ2n) is 7.91. The summed E-state index contributed by atoms with van der Waals surface area (Å²) in [5.74, 6) is 1.02. The lowest BCUT2D eigenvalue weighted by molar-refractivity contribution is 0.262. The van der Waals surface area contributed by atoms with Gasteiger partial charge in [0, 0.05) is 35.9 Å². The molecule has 2 heterocycles. The number of ether oxygens (including phenoxy) is 1. The predicted octanol–water partition coefficient (Wildman–Crippen LogP) is 6.46. The summed E-state index contributed by atoms with van der Waals surface area (Å²) in [6.45, 7) is 1.96. The third-order valence-corrected chi connectivity index (χ3v) is 5.67. The first-order valence-electron chi connectivity index (χ1n) is 10.9. The van der Waals surface area contributed by atoms with Crippen LogP contribution < -0.4 is 20.3 Å². The van der Waals surface area contributed by atoms with Gasteiger partial charge in [0.05, 0.1) is 22.9 Å². The predicted molar refractivity (Wildman–Crippen MR) is 132 cm³/mol. The minimum absolute atomic E-state index is 0.0199. The third kappa shape index (κ3) is 5.02. The highest BCUT2D eigenvalue weighted by atomic mass is 35.5. The summed E-state index contributed by atoms with van der Waals surface area (Å²) in [7, 11) is 0. The van der Waals surface area contributed by atoms with Crippen LogP contribution >= 0.6 is 11.6 Å². The monoisotopic (exact) mass is 477 g/mol. The topological polar surface area (TPSA) is 79.4 Å². The molecule has 172 valence electrons. The average Bonchev–Trinajstić information content (AvgIpc) is 3.35. The van der Waals surface area contributed by atoms with Crippen LogP contribution in [0.15, 0.2) is 66.9 Å². The van der Waals surface area contributed by atoms with Crippen LogP contribution in [-0.4, -0.2) is 29.1 Å². The van der Waals surface area contributed by atoms with Crippen molar-refractivity contribution in [3.63, 3.8) is 0 Å². The number of amides is 2. The van der Waals surface area contributed by atoms with E-state index in [-0.39, 0.29) is 5.69 Å². The van der Waals surface area contributed by atoms with E-state index in [0.29, 0.717) is 27.7 Å². The molecule has 4 aromatic rings. The van der Waals surface area contributed by atoms with Gasteiger partial charge in [-0.1, -0.05) is 17.7 Å². The summed E-state index contributed by atoms with van der Waals surface area (Å²) in [5.41, 5.74) is 1.98. The number of hydrogen-bond acceptors (Lipinski definition) is 5. The van der Waals surface area contributed by atoms with E-state index in [4.69, 9.17) is 21.3 Å². The van der Waals surface area contributed by atoms with E-state index in [9.17, 15) is 9.18 Å². The number of anilines is 3. The molecule has 1 aliphatic rings. The third-order valence-electron chi connectivity index (χ3n) is 5.44. The van der Waals surface area contributed by atoms with Crippen LogP contribution in [0.1, 0.15) is 12.8 Å². The lowest BCUT2D eigenvalue weighted by Crippen LogP contribution is -2.20. The van der Waals surface area contributed by atoms with Gasteiger partial charge < -0.3 is 20.3 Å². The molecule has 0 spiro atoms. The number of rotatable bonds is 5. The molecule has 1 saturated heterocycles. The van der Waals surface area contributed by atoms with E-state index in [1.165, 1.54) is 12.1 Å². The number of nitrogens with one attached hydrogen (secondary N) is 2. The zero-order chi connectivity index (χ0) is 23.5. The van der Waals surface area contributed by atoms with Crippen LogP contribution in [-0.2, 0) is 0 Å². The molecule has 0 unspecified atom stereocenters. The Kier molecular flexibility index (Phi) is 6.14. The minimum Gasteiger partial charge on any atom is -0.457 e. The molecule has 9 heteroatoms. The Bertz CT molecular complexity index is 1360. The number of benzene rings is 3. The summed E-state index contributed by atoms with van der Waals surface area (Å²) in [6, 6.07) is 15.7. The normalized spacial score (nSPS) is 13.2. The van der Waals surface area contributed by atoms with Gasteiger partial charge in [-0.15, -0.1) is 0 Å². The van der Waals surface area contributed by atoms with E-state index in [0.717, 1.165) is 37.3 Å². The fourth-order valence-electron chi connectivity index (χ4n) is 3.79. The smallest absolute Gasteiger partial charge is 0.323 e. The van der Waals surface area contributed by atoms with Crippen molar-refractivity contribution in [1.29, 1.82) is 0 Å². The standard InChI is InChI=1S/C25H21ClFN5O2/c26-16-4-3-5-17(12-16)29-25(33)31-21-8-6-18(13-20(21)27)34-19-7-9-22-23(14-19)30-24(15-28-22)32-10-1-2-11-32/h3-9,12-15H,1-2,10-11H2,(H2,29,31,33). The van der Waals surface area contributed by atoms with Gasteiger partial charge in [0.25, 0.3) is 0 Å². The van der Waals surface area contributed by atoms with Crippen molar-refractivity contribution in [1.82, 2.24) is 9.97 Å². The molecule has 3 aromatic carbocycles. The van der Waals surface area contributed by atoms with E-state index in [1.807, 2.05) is 6.07 Å². The second kappa shape index (κ2) is 9.52. The van der Waals surface area contributed by atoms with E-state index >= 15 is 0 Å². The molecule has 2 N–H and O–H groups in total. The highest BCUT2D eigenvalue weighted by molar-refractivity contribution is 6.30. The number of hydrogen-bond donors (Lipinski definition) is 2. The number of carbonyl (C=O) groups excluding carboxylic acids is 1. The number of aromatic nitrogens is 2. The first-order chi connectivity index (χ1) is 16.5. The Labute approximate surface area is 200 Å². The largest absolute Gasteiger partial charge is 0.457 e. The number of carbonyl (C=O) groups is 1. The van der Waals surface area contributed by atoms with Gasteiger partial charge in [0.2, 0.25) is 0 Å². The van der Waals surface area contributed by atoms with Gasteiger partial charge >= 0.3 is 6.03 Å². The Morgan fingerprint density at radius 2 is 1.76 bits per heavy atom. The lowest BCUT2D eigenvalue weighted by atomic mass is 10.2. The molecule has 1 aliphatic heterocycles. The highest BCUT2D eigenvalue weighted by Crippen LogP contribution is 2.28. The lowest BCUT2D eigenvalue weighted by Gasteiger charge is -2.16. The minimum atomic E-state index is -0.629. The Balaban J connectivity index is 1.28. The summed E-state index contributed by atoms with van der Waals surface area (Å²) in [4.78, 5) is 23.6. The van der Waals surface area contributed by atoms with Crippen LogP contribution in [0, 0.1) is 5.82 Å². The molecule has 0 atom stereocenters. The van der Waals surface area contributed by atoms with Crippen molar-refractivity contribution < 1.29 is 13.9 Å². The van der Waals surface area contributed by atoms with Crippen LogP contribution in [0.3, 0.4) is 0 Å². The Morgan fingerprint density at radius 3 is 2.56 bits per heavy atom. The van der Waals surface area contributed by atoms with Crippen molar-refractivity contribution >= 4 is 45.9 Å². The first-order valence-corrected chi connectivity index (χ1v) is 11.2. The SMILES string of the molecule is O=C(Nc1cccc(Cl)c1)Nc1ccc(Oc2ccc3ncc(N4CCCC4)nc3c2)cc1F. The highest BCUT2D eigenvalue weighted by Gasteiger charge is 2.15. The number of fused-ring (bicyclic) bond motifs is 1. The second-order valence-corrected chi connectivity index (χ2v) is 8.34. The summed E-state index contributed by atoms with van der Waals surface area (Å²) in [6.07, 6.45) is 4.10. The fraction of sp³-hybridized carbons (Fsp3) is 0.160. The molecule has 0 aliphatic carbocycles. The maximum atomic E-state index is 14.6. The van der Waals surface area contributed by atoms with Crippen LogP contribution in [0.4, 0.5) is 26.4 Å². The zero-order valence-electron chi connectivity index (χ0n) is 18.1. The Hall–Kier alpha value is -3.91. The van der Waals surface area contributed by atoms with Gasteiger partial charge in [-0.2, -0.15) is 0 Å². The van der Waals surface area contributed by atoms with Crippen LogP contribution in [0.2, 0.25) is 5.02 Å². The van der Waals surface area contributed by atoms with Gasteiger partial charge in [-0.25, -0.2) is 14.2 Å². The average molecular weight is 478 g/mol. The zero-order valence-corrected chi connectivity index (χ0v) is 18.8. The van der Waals surface area contributed by atoms with E-state index < -0.39 is 11.8 Å². The number of urea groups is 1. The van der Waals surface area contributed by atoms with Gasteiger partial charge in [-0.05, 0) is 55.3 Å².